The zero-order valence-corrected chi connectivity index (χ0v) is 10.3. The maximum Gasteiger partial charge on any atom is 0.243 e. The van der Waals surface area contributed by atoms with Crippen molar-refractivity contribution >= 4 is 10.4 Å². The SMILES string of the molecule is COCCOS(=O)(=O)[O-].Cn1cc[n+](C)c1. The van der Waals surface area contributed by atoms with Crippen LogP contribution in [0.2, 0.25) is 0 Å². The van der Waals surface area contributed by atoms with Gasteiger partial charge in [-0.1, -0.05) is 0 Å². The van der Waals surface area contributed by atoms with Crippen LogP contribution in [0.5, 0.6) is 0 Å². The predicted molar refractivity (Wildman–Crippen MR) is 54.1 cm³/mol. The highest BCUT2D eigenvalue weighted by molar-refractivity contribution is 7.80. The van der Waals surface area contributed by atoms with Crippen LogP contribution >= 0.6 is 0 Å². The molecule has 0 aromatic carbocycles. The summed E-state index contributed by atoms with van der Waals surface area (Å²) >= 11 is 0. The molecule has 0 fully saturated rings. The van der Waals surface area contributed by atoms with Crippen molar-refractivity contribution in [2.45, 2.75) is 0 Å². The Morgan fingerprint density at radius 3 is 2.31 bits per heavy atom. The van der Waals surface area contributed by atoms with Crippen LogP contribution in [0.4, 0.5) is 0 Å². The van der Waals surface area contributed by atoms with Crippen molar-refractivity contribution in [2.24, 2.45) is 14.1 Å². The van der Waals surface area contributed by atoms with E-state index >= 15 is 0 Å². The molecule has 0 atom stereocenters. The Labute approximate surface area is 95.2 Å². The zero-order valence-electron chi connectivity index (χ0n) is 9.49. The fraction of sp³-hybridized carbons (Fsp3) is 0.625. The van der Waals surface area contributed by atoms with Gasteiger partial charge in [-0.2, -0.15) is 0 Å². The second-order valence-corrected chi connectivity index (χ2v) is 4.02. The number of aromatic nitrogens is 2. The normalized spacial score (nSPS) is 10.8. The van der Waals surface area contributed by atoms with Crippen molar-refractivity contribution in [1.82, 2.24) is 4.57 Å². The van der Waals surface area contributed by atoms with Crippen molar-refractivity contribution in [1.29, 1.82) is 0 Å². The summed E-state index contributed by atoms with van der Waals surface area (Å²) in [5, 5.41) is 0. The first kappa shape index (κ1) is 15.0. The van der Waals surface area contributed by atoms with Gasteiger partial charge in [0.15, 0.2) is 0 Å². The van der Waals surface area contributed by atoms with Crippen molar-refractivity contribution < 1.29 is 26.5 Å². The van der Waals surface area contributed by atoms with E-state index in [2.05, 4.69) is 8.92 Å². The average Bonchev–Trinajstić information content (AvgIpc) is 2.49. The van der Waals surface area contributed by atoms with Crippen LogP contribution < -0.4 is 4.57 Å². The number of nitrogens with zero attached hydrogens (tertiary/aromatic N) is 2. The highest BCUT2D eigenvalue weighted by Crippen LogP contribution is 1.83. The summed E-state index contributed by atoms with van der Waals surface area (Å²) in [4.78, 5) is 0. The molecule has 1 heterocycles. The highest BCUT2D eigenvalue weighted by Gasteiger charge is 1.91. The van der Waals surface area contributed by atoms with Gasteiger partial charge in [0.25, 0.3) is 0 Å². The molecule has 94 valence electrons. The van der Waals surface area contributed by atoms with Crippen LogP contribution in [0.15, 0.2) is 18.7 Å². The molecule has 8 heteroatoms. The van der Waals surface area contributed by atoms with E-state index in [0.717, 1.165) is 0 Å². The molecule has 16 heavy (non-hydrogen) atoms. The van der Waals surface area contributed by atoms with E-state index in [1.807, 2.05) is 42.0 Å². The summed E-state index contributed by atoms with van der Waals surface area (Å²) in [7, 11) is 0.849. The third-order valence-corrected chi connectivity index (χ3v) is 1.87. The number of imidazole rings is 1. The third-order valence-electron chi connectivity index (χ3n) is 1.42. The summed E-state index contributed by atoms with van der Waals surface area (Å²) in [6.07, 6.45) is 6.00. The van der Waals surface area contributed by atoms with Gasteiger partial charge in [-0.05, 0) is 0 Å². The number of hydrogen-bond acceptors (Lipinski definition) is 5. The van der Waals surface area contributed by atoms with Gasteiger partial charge in [0.05, 0.1) is 27.3 Å². The van der Waals surface area contributed by atoms with Crippen LogP contribution in [0.25, 0.3) is 0 Å². The summed E-state index contributed by atoms with van der Waals surface area (Å²) in [6.45, 7) is -0.121. The maximum absolute atomic E-state index is 9.67. The van der Waals surface area contributed by atoms with Gasteiger partial charge in [-0.3, -0.25) is 4.18 Å². The van der Waals surface area contributed by atoms with Gasteiger partial charge < -0.3 is 9.29 Å². The van der Waals surface area contributed by atoms with Crippen LogP contribution in [-0.4, -0.2) is 37.9 Å². The first-order chi connectivity index (χ1) is 7.35. The summed E-state index contributed by atoms with van der Waals surface area (Å²) in [6, 6.07) is 0. The molecular formula is C8H16N2O5S. The Balaban J connectivity index is 0.000000288. The van der Waals surface area contributed by atoms with Crippen molar-refractivity contribution in [3.8, 4) is 0 Å². The Morgan fingerprint density at radius 1 is 1.44 bits per heavy atom. The lowest BCUT2D eigenvalue weighted by molar-refractivity contribution is -0.670. The zero-order chi connectivity index (χ0) is 12.6. The Kier molecular flexibility index (Phi) is 6.90. The molecule has 0 aliphatic rings. The van der Waals surface area contributed by atoms with E-state index in [4.69, 9.17) is 0 Å². The number of rotatable bonds is 4. The first-order valence-corrected chi connectivity index (χ1v) is 5.75. The van der Waals surface area contributed by atoms with Gasteiger partial charge in [-0.15, -0.1) is 0 Å². The largest absolute Gasteiger partial charge is 0.726 e. The fourth-order valence-electron chi connectivity index (χ4n) is 0.794. The van der Waals surface area contributed by atoms with Gasteiger partial charge >= 0.3 is 0 Å². The maximum atomic E-state index is 9.67. The van der Waals surface area contributed by atoms with E-state index in [1.54, 1.807) is 0 Å². The van der Waals surface area contributed by atoms with Crippen LogP contribution in [0.3, 0.4) is 0 Å². The minimum atomic E-state index is -4.53. The molecule has 7 nitrogen and oxygen atoms in total. The molecule has 0 aliphatic carbocycles. The summed E-state index contributed by atoms with van der Waals surface area (Å²) in [5.41, 5.74) is 0. The van der Waals surface area contributed by atoms with E-state index in [0.29, 0.717) is 0 Å². The molecule has 0 spiro atoms. The van der Waals surface area contributed by atoms with Crippen LogP contribution in [0, 0.1) is 0 Å². The summed E-state index contributed by atoms with van der Waals surface area (Å²) in [5.74, 6) is 0. The van der Waals surface area contributed by atoms with Gasteiger partial charge in [0.2, 0.25) is 16.7 Å². The average molecular weight is 252 g/mol. The van der Waals surface area contributed by atoms with Gasteiger partial charge in [-0.25, -0.2) is 17.6 Å². The monoisotopic (exact) mass is 252 g/mol. The molecule has 0 radical (unpaired) electrons. The summed E-state index contributed by atoms with van der Waals surface area (Å²) < 4.78 is 41.2. The second-order valence-electron chi connectivity index (χ2n) is 2.97. The quantitative estimate of drug-likeness (QED) is 0.296. The van der Waals surface area contributed by atoms with Crippen molar-refractivity contribution in [3.63, 3.8) is 0 Å². The second kappa shape index (κ2) is 7.34. The topological polar surface area (TPSA) is 84.5 Å². The lowest BCUT2D eigenvalue weighted by Crippen LogP contribution is -2.23. The van der Waals surface area contributed by atoms with E-state index in [1.165, 1.54) is 7.11 Å². The van der Waals surface area contributed by atoms with Gasteiger partial charge in [0.1, 0.15) is 12.4 Å². The molecule has 1 rings (SSSR count). The third kappa shape index (κ3) is 9.59. The molecule has 0 amide bonds. The van der Waals surface area contributed by atoms with Crippen LogP contribution in [0.1, 0.15) is 0 Å². The molecule has 0 bridgehead atoms. The lowest BCUT2D eigenvalue weighted by Gasteiger charge is -2.05. The van der Waals surface area contributed by atoms with Gasteiger partial charge in [0, 0.05) is 7.11 Å². The molecule has 0 unspecified atom stereocenters. The molecule has 0 aliphatic heterocycles. The number of aryl methyl sites for hydroxylation is 2. The van der Waals surface area contributed by atoms with Crippen LogP contribution in [-0.2, 0) is 33.4 Å². The number of hydrogen-bond donors (Lipinski definition) is 0. The number of ether oxygens (including phenoxy) is 1. The molecule has 1 aromatic rings. The predicted octanol–water partition coefficient (Wildman–Crippen LogP) is -1.04. The Morgan fingerprint density at radius 2 is 2.06 bits per heavy atom. The molecule has 0 saturated heterocycles. The van der Waals surface area contributed by atoms with Crippen molar-refractivity contribution in [3.05, 3.63) is 18.7 Å². The fourth-order valence-corrected chi connectivity index (χ4v) is 1.07. The highest BCUT2D eigenvalue weighted by atomic mass is 32.3. The van der Waals surface area contributed by atoms with E-state index in [9.17, 15) is 13.0 Å². The Hall–Kier alpha value is -0.960. The van der Waals surface area contributed by atoms with Crippen molar-refractivity contribution in [2.75, 3.05) is 20.3 Å². The minimum absolute atomic E-state index is 0.0987. The first-order valence-electron chi connectivity index (χ1n) is 4.41. The molecule has 0 N–H and O–H groups in total. The lowest BCUT2D eigenvalue weighted by atomic mass is 10.8. The smallest absolute Gasteiger partial charge is 0.243 e. The molecule has 1 aromatic heterocycles. The number of methoxy groups -OCH3 is 1. The van der Waals surface area contributed by atoms with E-state index in [-0.39, 0.29) is 13.2 Å². The van der Waals surface area contributed by atoms with E-state index < -0.39 is 10.4 Å². The molecular weight excluding hydrogens is 236 g/mol. The Bertz CT molecular complexity index is 370. The standard InChI is InChI=1S/C5H9N2.C3H8O5S/c1-6-3-4-7(2)5-6;1-7-2-3-8-9(4,5)6/h3-5H,1-2H3;2-3H2,1H3,(H,4,5,6)/q+1;/p-1. The minimum Gasteiger partial charge on any atom is -0.726 e. The molecule has 0 saturated carbocycles.